The van der Waals surface area contributed by atoms with Crippen molar-refractivity contribution in [1.82, 2.24) is 14.4 Å². The number of rotatable bonds is 4. The Balaban J connectivity index is 1.61. The van der Waals surface area contributed by atoms with Crippen molar-refractivity contribution in [2.24, 2.45) is 7.05 Å². The van der Waals surface area contributed by atoms with Crippen LogP contribution in [0.3, 0.4) is 0 Å². The molecule has 3 heterocycles. The maximum Gasteiger partial charge on any atom is 0.263 e. The third-order valence-electron chi connectivity index (χ3n) is 6.65. The number of nitrogens with zero attached hydrogens (tertiary/aromatic N) is 3. The summed E-state index contributed by atoms with van der Waals surface area (Å²) in [5.41, 5.74) is 0.745. The van der Waals surface area contributed by atoms with Gasteiger partial charge in [-0.25, -0.2) is 0 Å². The van der Waals surface area contributed by atoms with E-state index in [-0.39, 0.29) is 34.4 Å². The second kappa shape index (κ2) is 7.94. The molecule has 0 bridgehead atoms. The van der Waals surface area contributed by atoms with Crippen LogP contribution < -0.4 is 5.56 Å². The van der Waals surface area contributed by atoms with E-state index < -0.39 is 0 Å². The van der Waals surface area contributed by atoms with Crippen LogP contribution in [-0.4, -0.2) is 51.4 Å². The van der Waals surface area contributed by atoms with E-state index in [1.165, 1.54) is 4.57 Å². The van der Waals surface area contributed by atoms with Crippen LogP contribution in [0.2, 0.25) is 0 Å². The van der Waals surface area contributed by atoms with Gasteiger partial charge in [0.15, 0.2) is 0 Å². The fraction of sp³-hybridized carbons (Fsp3) is 0.375. The Morgan fingerprint density at radius 3 is 2.50 bits per heavy atom. The number of carbonyl (C=O) groups is 2. The zero-order valence-corrected chi connectivity index (χ0v) is 17.3. The van der Waals surface area contributed by atoms with Crippen LogP contribution >= 0.6 is 0 Å². The fourth-order valence-electron chi connectivity index (χ4n) is 5.08. The highest BCUT2D eigenvalue weighted by Gasteiger charge is 2.54. The standard InChI is InChI=1S/C24H27N3O3/c1-3-13-27-21(28)17-20(18-8-5-4-6-9-18)24(27)11-15-26(16-12-24)23(30)19-10-7-14-25(2)22(19)29/h3-10,14,20H,1,11-13,15-17H2,2H3/t20-/m0/s1. The third kappa shape index (κ3) is 3.26. The van der Waals surface area contributed by atoms with E-state index in [1.807, 2.05) is 23.1 Å². The quantitative estimate of drug-likeness (QED) is 0.735. The number of aryl methyl sites for hydroxylation is 1. The van der Waals surface area contributed by atoms with E-state index >= 15 is 0 Å². The predicted molar refractivity (Wildman–Crippen MR) is 115 cm³/mol. The van der Waals surface area contributed by atoms with Crippen LogP contribution in [-0.2, 0) is 11.8 Å². The lowest BCUT2D eigenvalue weighted by molar-refractivity contribution is -0.131. The first kappa shape index (κ1) is 20.1. The zero-order valence-electron chi connectivity index (χ0n) is 17.3. The van der Waals surface area contributed by atoms with Gasteiger partial charge in [-0.1, -0.05) is 36.4 Å². The molecular formula is C24H27N3O3. The SMILES string of the molecule is C=CCN1C(=O)C[C@@H](c2ccccc2)C12CCN(C(=O)c1cccn(C)c1=O)CC2. The van der Waals surface area contributed by atoms with Gasteiger partial charge in [-0.3, -0.25) is 14.4 Å². The molecule has 2 aliphatic rings. The molecule has 0 N–H and O–H groups in total. The number of aromatic nitrogens is 1. The summed E-state index contributed by atoms with van der Waals surface area (Å²) in [5, 5.41) is 0. The Bertz CT molecular complexity index is 1020. The van der Waals surface area contributed by atoms with Crippen LogP contribution in [0.15, 0.2) is 66.1 Å². The molecule has 1 atom stereocenters. The first-order valence-corrected chi connectivity index (χ1v) is 10.4. The Kier molecular flexibility index (Phi) is 5.33. The summed E-state index contributed by atoms with van der Waals surface area (Å²) in [6, 6.07) is 13.5. The molecule has 4 rings (SSSR count). The molecule has 156 valence electrons. The number of hydrogen-bond acceptors (Lipinski definition) is 3. The van der Waals surface area contributed by atoms with Gasteiger partial charge in [-0.15, -0.1) is 6.58 Å². The molecule has 1 aromatic carbocycles. The lowest BCUT2D eigenvalue weighted by Gasteiger charge is -2.47. The van der Waals surface area contributed by atoms with Crippen molar-refractivity contribution in [3.05, 3.63) is 82.8 Å². The van der Waals surface area contributed by atoms with Gasteiger partial charge < -0.3 is 14.4 Å². The summed E-state index contributed by atoms with van der Waals surface area (Å²) in [4.78, 5) is 42.0. The zero-order chi connectivity index (χ0) is 21.3. The van der Waals surface area contributed by atoms with E-state index in [2.05, 4.69) is 18.7 Å². The van der Waals surface area contributed by atoms with Crippen LogP contribution in [0.4, 0.5) is 0 Å². The van der Waals surface area contributed by atoms with E-state index in [9.17, 15) is 14.4 Å². The summed E-state index contributed by atoms with van der Waals surface area (Å²) in [7, 11) is 1.64. The summed E-state index contributed by atoms with van der Waals surface area (Å²) in [6.07, 6.45) is 5.27. The number of pyridine rings is 1. The van der Waals surface area contributed by atoms with E-state index in [4.69, 9.17) is 0 Å². The summed E-state index contributed by atoms with van der Waals surface area (Å²) in [5.74, 6) is -0.00430. The van der Waals surface area contributed by atoms with Crippen molar-refractivity contribution in [3.8, 4) is 0 Å². The van der Waals surface area contributed by atoms with Crippen molar-refractivity contribution in [3.63, 3.8) is 0 Å². The van der Waals surface area contributed by atoms with Gasteiger partial charge in [0.2, 0.25) is 5.91 Å². The van der Waals surface area contributed by atoms with Gasteiger partial charge in [0.1, 0.15) is 5.56 Å². The van der Waals surface area contributed by atoms with E-state index in [0.717, 1.165) is 5.56 Å². The number of amides is 2. The molecule has 2 amide bonds. The summed E-state index contributed by atoms with van der Waals surface area (Å²) >= 11 is 0. The highest BCUT2D eigenvalue weighted by Crippen LogP contribution is 2.48. The molecule has 2 aromatic rings. The van der Waals surface area contributed by atoms with Gasteiger partial charge in [0.25, 0.3) is 11.5 Å². The predicted octanol–water partition coefficient (Wildman–Crippen LogP) is 2.56. The Morgan fingerprint density at radius 2 is 1.83 bits per heavy atom. The van der Waals surface area contributed by atoms with Gasteiger partial charge in [0.05, 0.1) is 5.54 Å². The normalized spacial score (nSPS) is 20.6. The lowest BCUT2D eigenvalue weighted by Crippen LogP contribution is -2.56. The minimum absolute atomic E-state index is 0.0907. The van der Waals surface area contributed by atoms with E-state index in [0.29, 0.717) is 38.9 Å². The second-order valence-corrected chi connectivity index (χ2v) is 8.19. The van der Waals surface area contributed by atoms with Crippen molar-refractivity contribution in [1.29, 1.82) is 0 Å². The van der Waals surface area contributed by atoms with Gasteiger partial charge >= 0.3 is 0 Å². The molecule has 2 aliphatic heterocycles. The van der Waals surface area contributed by atoms with Crippen molar-refractivity contribution in [2.75, 3.05) is 19.6 Å². The minimum Gasteiger partial charge on any atom is -0.338 e. The Morgan fingerprint density at radius 1 is 1.13 bits per heavy atom. The number of likely N-dealkylation sites (tertiary alicyclic amines) is 2. The molecule has 6 heteroatoms. The molecule has 0 saturated carbocycles. The average Bonchev–Trinajstić information content (AvgIpc) is 3.03. The lowest BCUT2D eigenvalue weighted by atomic mass is 9.73. The second-order valence-electron chi connectivity index (χ2n) is 8.19. The van der Waals surface area contributed by atoms with E-state index in [1.54, 1.807) is 36.4 Å². The number of benzene rings is 1. The first-order valence-electron chi connectivity index (χ1n) is 10.4. The van der Waals surface area contributed by atoms with Crippen molar-refractivity contribution < 1.29 is 9.59 Å². The molecule has 0 radical (unpaired) electrons. The van der Waals surface area contributed by atoms with Gasteiger partial charge in [-0.2, -0.15) is 0 Å². The summed E-state index contributed by atoms with van der Waals surface area (Å²) in [6.45, 7) is 5.38. The minimum atomic E-state index is -0.328. The number of hydrogen-bond donors (Lipinski definition) is 0. The highest BCUT2D eigenvalue weighted by atomic mass is 16.2. The van der Waals surface area contributed by atoms with Crippen molar-refractivity contribution >= 4 is 11.8 Å². The van der Waals surface area contributed by atoms with Crippen LogP contribution in [0.5, 0.6) is 0 Å². The van der Waals surface area contributed by atoms with Crippen molar-refractivity contribution in [2.45, 2.75) is 30.7 Å². The van der Waals surface area contributed by atoms with Gasteiger partial charge in [-0.05, 0) is 30.5 Å². The van der Waals surface area contributed by atoms with Gasteiger partial charge in [0, 0.05) is 45.2 Å². The molecular weight excluding hydrogens is 378 g/mol. The average molecular weight is 405 g/mol. The maximum atomic E-state index is 13.0. The monoisotopic (exact) mass is 405 g/mol. The fourth-order valence-corrected chi connectivity index (χ4v) is 5.08. The molecule has 0 aliphatic carbocycles. The molecule has 6 nitrogen and oxygen atoms in total. The molecule has 0 unspecified atom stereocenters. The topological polar surface area (TPSA) is 62.6 Å². The molecule has 30 heavy (non-hydrogen) atoms. The van der Waals surface area contributed by atoms with Crippen LogP contribution in [0, 0.1) is 0 Å². The first-order chi connectivity index (χ1) is 14.5. The number of carbonyl (C=O) groups excluding carboxylic acids is 2. The largest absolute Gasteiger partial charge is 0.338 e. The van der Waals surface area contributed by atoms with Crippen LogP contribution in [0.1, 0.15) is 41.1 Å². The molecule has 2 saturated heterocycles. The number of piperidine rings is 1. The van der Waals surface area contributed by atoms with Crippen LogP contribution in [0.25, 0.3) is 0 Å². The third-order valence-corrected chi connectivity index (χ3v) is 6.65. The molecule has 2 fully saturated rings. The smallest absolute Gasteiger partial charge is 0.263 e. The Labute approximate surface area is 176 Å². The maximum absolute atomic E-state index is 13.0. The Hall–Kier alpha value is -3.15. The highest BCUT2D eigenvalue weighted by molar-refractivity contribution is 5.94. The molecule has 1 aromatic heterocycles. The molecule has 1 spiro atoms. The summed E-state index contributed by atoms with van der Waals surface area (Å²) < 4.78 is 1.42.